The summed E-state index contributed by atoms with van der Waals surface area (Å²) in [6.45, 7) is 14.5. The van der Waals surface area contributed by atoms with Crippen LogP contribution in [0.2, 0.25) is 0 Å². The van der Waals surface area contributed by atoms with Crippen molar-refractivity contribution in [1.29, 1.82) is 0 Å². The van der Waals surface area contributed by atoms with Gasteiger partial charge in [0.25, 0.3) is 0 Å². The highest BCUT2D eigenvalue weighted by molar-refractivity contribution is 7.80. The van der Waals surface area contributed by atoms with Crippen molar-refractivity contribution >= 4 is 16.2 Å². The molecule has 0 bridgehead atoms. The third kappa shape index (κ3) is 13.3. The molecule has 5 heterocycles. The predicted octanol–water partition coefficient (Wildman–Crippen LogP) is -2.43. The minimum atomic E-state index is -4.89. The van der Waals surface area contributed by atoms with E-state index in [0.29, 0.717) is 32.1 Å². The lowest BCUT2D eigenvalue weighted by Gasteiger charge is -2.60. The van der Waals surface area contributed by atoms with E-state index in [2.05, 4.69) is 19.9 Å². The Balaban J connectivity index is 0.983. The molecule has 0 aromatic carbocycles. The van der Waals surface area contributed by atoms with E-state index in [1.807, 2.05) is 20.8 Å². The zero-order valence-electron chi connectivity index (χ0n) is 50.0. The normalized spacial score (nSPS) is 51.2. The lowest BCUT2D eigenvalue weighted by atomic mass is 9.47. The van der Waals surface area contributed by atoms with E-state index in [0.717, 1.165) is 5.57 Å². The number of hydrogen-bond donors (Lipinski definition) is 14. The van der Waals surface area contributed by atoms with Crippen molar-refractivity contribution in [2.24, 2.45) is 46.3 Å². The molecule has 34 atom stereocenters. The molecule has 29 heteroatoms. The number of aliphatic hydroxyl groups is 13. The summed E-state index contributed by atoms with van der Waals surface area (Å²) in [6.07, 6.45) is -37.5. The van der Waals surface area contributed by atoms with Crippen LogP contribution < -0.4 is 0 Å². The minimum Gasteiger partial charge on any atom is -0.394 e. The van der Waals surface area contributed by atoms with Crippen molar-refractivity contribution in [3.05, 3.63) is 11.6 Å². The molecular weight excluding hydrogens is 1160 g/mol. The lowest BCUT2D eigenvalue weighted by molar-refractivity contribution is -0.398. The van der Waals surface area contributed by atoms with Gasteiger partial charge in [0.1, 0.15) is 103 Å². The number of hydrogen-bond acceptors (Lipinski definition) is 27. The van der Waals surface area contributed by atoms with Gasteiger partial charge in [-0.3, -0.25) is 9.35 Å². The zero-order valence-corrected chi connectivity index (χ0v) is 50.8. The number of ketones is 1. The van der Waals surface area contributed by atoms with E-state index in [-0.39, 0.29) is 54.6 Å². The van der Waals surface area contributed by atoms with Gasteiger partial charge in [-0.1, -0.05) is 46.3 Å². The summed E-state index contributed by atoms with van der Waals surface area (Å²) in [5.41, 5.74) is -1.30. The standard InChI is InChI=1S/C57H94O28S/c1-21(2)22(3)31(59)18-57(9,71)35-11-10-28-27-17-32(30-16-26(85-86(72,73)74)12-14-55(30,7)29(27)13-15-56(28,35)8)79-52-46(70)47(38(62)25(6)78-52)82-53-48(83-50-44(68)41(65)36(60)23(4)76-50)40(64)34(20-75-53)81-54-49(43(67)39(63)33(19-58)80-54)84-51-45(69)42(66)37(61)24(5)77-51/h13,21-28,30,32-54,58,60-71H,10-12,14-20H2,1-9H3,(H,72,73,74)/t22-,23+,24-,25-,26+,27+,28+,30-,32+,33-,34-,35+,36+,37-,38-,39+,40+,41-,42+,43+,44+,45-,46-,47+,48-,49-,50-,51+,52+,53+,54+,55-,56+,57-/m1/s1. The Morgan fingerprint density at radius 2 is 1.19 bits per heavy atom. The summed E-state index contributed by atoms with van der Waals surface area (Å²) in [5, 5.41) is 145. The molecule has 0 radical (unpaired) electrons. The van der Waals surface area contributed by atoms with Gasteiger partial charge in [0.2, 0.25) is 0 Å². The van der Waals surface area contributed by atoms with Crippen LogP contribution in [-0.4, -0.2) is 264 Å². The SMILES string of the molecule is CC(C)[C@@H](C)C(=O)C[C@@](C)(O)[C@H]1CC[C@H]2[C@@H]3C[C@H](O[C@@H]4O[C@H](C)[C@@H](O)[C@H](O[C@@H]5OC[C@@H](O[C@@H]6O[C@H](CO)[C@H](O)[C@H](O)[C@H]6O[C@@H]6O[C@H](C)[C@@H](O)[C@H](O)[C@H]6O)[C@H](O)[C@H]5O[C@H]5O[C@@H](C)[C@H](O)[C@@H](O)[C@@H]5O)[C@H]4O)[C@H]4C[C@@H](OS(=O)(=O)O)CC[C@]4(C)C3=CC[C@@]21C. The van der Waals surface area contributed by atoms with E-state index in [9.17, 15) is 84.1 Å². The molecule has 0 amide bonds. The molecule has 5 saturated heterocycles. The number of Topliss-reactive ketones (excluding diaryl/α,β-unsaturated/α-hetero) is 1. The van der Waals surface area contributed by atoms with Crippen LogP contribution in [0.5, 0.6) is 0 Å². The first-order valence-corrected chi connectivity index (χ1v) is 31.7. The molecule has 4 aliphatic carbocycles. The highest BCUT2D eigenvalue weighted by atomic mass is 32.3. The van der Waals surface area contributed by atoms with Crippen LogP contribution in [0.4, 0.5) is 0 Å². The maximum atomic E-state index is 13.5. The summed E-state index contributed by atoms with van der Waals surface area (Å²) >= 11 is 0. The smallest absolute Gasteiger partial charge is 0.394 e. The van der Waals surface area contributed by atoms with Crippen LogP contribution in [0.15, 0.2) is 11.6 Å². The first-order valence-electron chi connectivity index (χ1n) is 30.3. The Bertz CT molecular complexity index is 2460. The fraction of sp³-hybridized carbons (Fsp3) is 0.947. The van der Waals surface area contributed by atoms with Crippen molar-refractivity contribution in [2.45, 2.75) is 279 Å². The summed E-state index contributed by atoms with van der Waals surface area (Å²) < 4.78 is 100. The van der Waals surface area contributed by atoms with E-state index in [1.54, 1.807) is 6.92 Å². The van der Waals surface area contributed by atoms with E-state index in [4.69, 9.17) is 51.6 Å². The van der Waals surface area contributed by atoms with Crippen LogP contribution in [-0.2, 0) is 66.7 Å². The van der Waals surface area contributed by atoms with Crippen LogP contribution >= 0.6 is 0 Å². The lowest BCUT2D eigenvalue weighted by Crippen LogP contribution is -2.67. The van der Waals surface area contributed by atoms with Gasteiger partial charge < -0.3 is 114 Å². The molecule has 9 rings (SSSR count). The zero-order chi connectivity index (χ0) is 63.2. The highest BCUT2D eigenvalue weighted by Gasteiger charge is 2.64. The minimum absolute atomic E-state index is 0.00277. The van der Waals surface area contributed by atoms with Gasteiger partial charge >= 0.3 is 10.4 Å². The summed E-state index contributed by atoms with van der Waals surface area (Å²) in [4.78, 5) is 13.5. The quantitative estimate of drug-likeness (QED) is 0.0501. The van der Waals surface area contributed by atoms with Gasteiger partial charge in [-0.2, -0.15) is 8.42 Å². The first kappa shape index (κ1) is 68.7. The van der Waals surface area contributed by atoms with Gasteiger partial charge in [-0.05, 0) is 113 Å². The number of carbonyl (C=O) groups is 1. The van der Waals surface area contributed by atoms with Crippen LogP contribution in [0.1, 0.15) is 114 Å². The monoisotopic (exact) mass is 1260 g/mol. The largest absolute Gasteiger partial charge is 0.397 e. The molecule has 0 aromatic heterocycles. The Labute approximate surface area is 500 Å². The van der Waals surface area contributed by atoms with Gasteiger partial charge in [0.05, 0.1) is 49.3 Å². The summed E-state index contributed by atoms with van der Waals surface area (Å²) in [6, 6.07) is 0. The number of carbonyl (C=O) groups excluding carboxylic acids is 1. The summed E-state index contributed by atoms with van der Waals surface area (Å²) in [5.74, 6) is -1.10. The maximum Gasteiger partial charge on any atom is 0.397 e. The van der Waals surface area contributed by atoms with Crippen molar-refractivity contribution in [1.82, 2.24) is 0 Å². The van der Waals surface area contributed by atoms with E-state index < -0.39 is 206 Å². The fourth-order valence-corrected chi connectivity index (χ4v) is 16.2. The summed E-state index contributed by atoms with van der Waals surface area (Å²) in [7, 11) is -4.89. The second-order valence-corrected chi connectivity index (χ2v) is 28.1. The molecular formula is C57H94O28S. The predicted molar refractivity (Wildman–Crippen MR) is 290 cm³/mol. The highest BCUT2D eigenvalue weighted by Crippen LogP contribution is 2.67. The fourth-order valence-electron chi connectivity index (χ4n) is 15.7. The molecule has 28 nitrogen and oxygen atoms in total. The Kier molecular flexibility index (Phi) is 21.1. The van der Waals surface area contributed by atoms with Crippen LogP contribution in [0.3, 0.4) is 0 Å². The topological polar surface area (TPSA) is 436 Å². The number of rotatable bonds is 18. The van der Waals surface area contributed by atoms with Crippen molar-refractivity contribution in [3.63, 3.8) is 0 Å². The number of fused-ring (bicyclic) bond motifs is 5. The number of aliphatic hydroxyl groups excluding tert-OH is 12. The van der Waals surface area contributed by atoms with E-state index in [1.165, 1.54) is 20.8 Å². The van der Waals surface area contributed by atoms with E-state index >= 15 is 0 Å². The number of ether oxygens (including phenoxy) is 10. The van der Waals surface area contributed by atoms with Gasteiger partial charge in [0.15, 0.2) is 31.5 Å². The molecule has 86 heavy (non-hydrogen) atoms. The Hall–Kier alpha value is -1.64. The van der Waals surface area contributed by atoms with Gasteiger partial charge in [-0.25, -0.2) is 4.18 Å². The third-order valence-electron chi connectivity index (χ3n) is 21.1. The molecule has 5 aliphatic heterocycles. The molecule has 8 fully saturated rings. The second-order valence-electron chi connectivity index (χ2n) is 27.0. The number of allylic oxidation sites excluding steroid dienone is 2. The molecule has 14 N–H and O–H groups in total. The molecule has 0 aromatic rings. The van der Waals surface area contributed by atoms with Crippen LogP contribution in [0.25, 0.3) is 0 Å². The second kappa shape index (κ2) is 26.4. The molecule has 9 aliphatic rings. The average molecular weight is 1260 g/mol. The maximum absolute atomic E-state index is 13.5. The molecule has 0 spiro atoms. The van der Waals surface area contributed by atoms with Gasteiger partial charge in [-0.15, -0.1) is 0 Å². The molecule has 0 unspecified atom stereocenters. The van der Waals surface area contributed by atoms with Crippen molar-refractivity contribution < 1.29 is 136 Å². The van der Waals surface area contributed by atoms with Gasteiger partial charge in [0, 0.05) is 12.3 Å². The molecule has 496 valence electrons. The van der Waals surface area contributed by atoms with Crippen LogP contribution in [0, 0.1) is 46.3 Å². The average Bonchev–Trinajstić information content (AvgIpc) is 1.31. The Morgan fingerprint density at radius 1 is 0.640 bits per heavy atom. The first-order chi connectivity index (χ1) is 40.1. The third-order valence-corrected chi connectivity index (χ3v) is 21.7. The molecule has 3 saturated carbocycles. The van der Waals surface area contributed by atoms with Crippen molar-refractivity contribution in [2.75, 3.05) is 13.2 Å². The van der Waals surface area contributed by atoms with Crippen molar-refractivity contribution in [3.8, 4) is 0 Å². The Morgan fingerprint density at radius 3 is 1.76 bits per heavy atom.